The molecule has 0 unspecified atom stereocenters. The van der Waals surface area contributed by atoms with E-state index in [1.54, 1.807) is 0 Å². The molecule has 0 saturated heterocycles. The third-order valence-corrected chi connectivity index (χ3v) is 10.5. The van der Waals surface area contributed by atoms with E-state index in [-0.39, 0.29) is 49.3 Å². The number of nitrogens with zero attached hydrogens (tertiary/aromatic N) is 6. The second-order valence-corrected chi connectivity index (χ2v) is 22.1. The first-order chi connectivity index (χ1) is 27.5. The van der Waals surface area contributed by atoms with Crippen molar-refractivity contribution in [2.24, 2.45) is 0 Å². The molecule has 6 rings (SSSR count). The number of pyridine rings is 6. The molecule has 6 nitrogen and oxygen atoms in total. The Labute approximate surface area is 379 Å². The standard InChI is InChI=1S/3C18H24N2.Co/c3*1-17(2,3)13-7-9-19-15(11-13)16-12-14(8-10-20-16)18(4,5)6;/h3*7-12H,1-6H3;/q;;;+3. The van der Waals surface area contributed by atoms with Gasteiger partial charge in [-0.25, -0.2) is 0 Å². The minimum absolute atomic E-state index is 0. The van der Waals surface area contributed by atoms with Crippen molar-refractivity contribution in [3.63, 3.8) is 0 Å². The molecule has 0 aromatic carbocycles. The molecule has 0 aliphatic carbocycles. The fourth-order valence-corrected chi connectivity index (χ4v) is 6.22. The van der Waals surface area contributed by atoms with E-state index >= 15 is 0 Å². The van der Waals surface area contributed by atoms with Crippen molar-refractivity contribution in [3.8, 4) is 34.2 Å². The second kappa shape index (κ2) is 19.6. The van der Waals surface area contributed by atoms with E-state index in [4.69, 9.17) is 0 Å². The third kappa shape index (κ3) is 14.8. The predicted molar refractivity (Wildman–Crippen MR) is 255 cm³/mol. The molecule has 61 heavy (non-hydrogen) atoms. The van der Waals surface area contributed by atoms with Crippen molar-refractivity contribution in [1.29, 1.82) is 0 Å². The molecule has 7 heteroatoms. The zero-order chi connectivity index (χ0) is 44.9. The summed E-state index contributed by atoms with van der Waals surface area (Å²) in [7, 11) is 0. The molecular formula is C54H72CoN6+3. The van der Waals surface area contributed by atoms with Crippen LogP contribution in [0.4, 0.5) is 0 Å². The summed E-state index contributed by atoms with van der Waals surface area (Å²) in [6.07, 6.45) is 11.3. The normalized spacial score (nSPS) is 12.3. The van der Waals surface area contributed by atoms with Gasteiger partial charge in [-0.3, -0.25) is 29.9 Å². The van der Waals surface area contributed by atoms with Crippen molar-refractivity contribution in [2.75, 3.05) is 0 Å². The van der Waals surface area contributed by atoms with Crippen LogP contribution in [0.15, 0.2) is 110 Å². The molecule has 6 aromatic rings. The zero-order valence-corrected chi connectivity index (χ0v) is 41.4. The summed E-state index contributed by atoms with van der Waals surface area (Å²) in [4.78, 5) is 26.9. The van der Waals surface area contributed by atoms with E-state index < -0.39 is 0 Å². The SMILES string of the molecule is CC(C)(C)c1ccnc(-c2cc(C(C)(C)C)ccn2)c1.CC(C)(C)c1ccnc(-c2cc(C(C)(C)C)ccn2)c1.CC(C)(C)c1ccnc(-c2cc(C(C)(C)C)ccn2)c1.[Co+3]. The molecule has 324 valence electrons. The molecule has 0 aliphatic rings. The second-order valence-electron chi connectivity index (χ2n) is 22.1. The summed E-state index contributed by atoms with van der Waals surface area (Å²) in [6, 6.07) is 25.4. The van der Waals surface area contributed by atoms with Gasteiger partial charge < -0.3 is 0 Å². The van der Waals surface area contributed by atoms with Gasteiger partial charge in [0.05, 0.1) is 34.2 Å². The van der Waals surface area contributed by atoms with Crippen LogP contribution in [0.2, 0.25) is 0 Å². The van der Waals surface area contributed by atoms with Gasteiger partial charge in [0.2, 0.25) is 0 Å². The van der Waals surface area contributed by atoms with Crippen LogP contribution in [-0.4, -0.2) is 29.9 Å². The predicted octanol–water partition coefficient (Wildman–Crippen LogP) is 14.2. The van der Waals surface area contributed by atoms with E-state index in [0.717, 1.165) is 34.2 Å². The van der Waals surface area contributed by atoms with Gasteiger partial charge in [-0.1, -0.05) is 125 Å². The van der Waals surface area contributed by atoms with Gasteiger partial charge in [0.1, 0.15) is 0 Å². The van der Waals surface area contributed by atoms with Crippen molar-refractivity contribution in [3.05, 3.63) is 143 Å². The van der Waals surface area contributed by atoms with E-state index in [1.807, 2.05) is 37.2 Å². The van der Waals surface area contributed by atoms with Crippen LogP contribution >= 0.6 is 0 Å². The average molecular weight is 864 g/mol. The molecule has 0 saturated carbocycles. The Morgan fingerprint density at radius 3 is 0.443 bits per heavy atom. The van der Waals surface area contributed by atoms with E-state index in [2.05, 4.69) is 227 Å². The molecule has 0 spiro atoms. The van der Waals surface area contributed by atoms with E-state index in [0.29, 0.717) is 0 Å². The molecule has 0 radical (unpaired) electrons. The fraction of sp³-hybridized carbons (Fsp3) is 0.444. The van der Waals surface area contributed by atoms with Crippen LogP contribution in [0.1, 0.15) is 158 Å². The Morgan fingerprint density at radius 1 is 0.230 bits per heavy atom. The maximum absolute atomic E-state index is 4.48. The molecule has 6 aromatic heterocycles. The van der Waals surface area contributed by atoms with Gasteiger partial charge in [0, 0.05) is 37.2 Å². The Balaban J connectivity index is 0.000000242. The number of hydrogen-bond acceptors (Lipinski definition) is 6. The largest absolute Gasteiger partial charge is 3.00 e. The molecule has 0 fully saturated rings. The topological polar surface area (TPSA) is 77.3 Å². The zero-order valence-electron chi connectivity index (χ0n) is 40.4. The van der Waals surface area contributed by atoms with Gasteiger partial charge in [-0.2, -0.15) is 0 Å². The van der Waals surface area contributed by atoms with Crippen LogP contribution in [-0.2, 0) is 49.3 Å². The molecular weight excluding hydrogens is 792 g/mol. The maximum atomic E-state index is 4.48. The Bertz CT molecular complexity index is 1910. The molecule has 0 bridgehead atoms. The van der Waals surface area contributed by atoms with E-state index in [9.17, 15) is 0 Å². The van der Waals surface area contributed by atoms with Gasteiger partial charge in [0.25, 0.3) is 0 Å². The van der Waals surface area contributed by atoms with Crippen LogP contribution < -0.4 is 0 Å². The molecule has 0 atom stereocenters. The summed E-state index contributed by atoms with van der Waals surface area (Å²) in [6.45, 7) is 39.8. The monoisotopic (exact) mass is 864 g/mol. The third-order valence-electron chi connectivity index (χ3n) is 10.5. The summed E-state index contributed by atoms with van der Waals surface area (Å²) in [5.41, 5.74) is 14.1. The van der Waals surface area contributed by atoms with Gasteiger partial charge >= 0.3 is 16.8 Å². The Morgan fingerprint density at radius 2 is 0.344 bits per heavy atom. The van der Waals surface area contributed by atoms with Crippen LogP contribution in [0, 0.1) is 0 Å². The summed E-state index contributed by atoms with van der Waals surface area (Å²) in [5, 5.41) is 0. The number of hydrogen-bond donors (Lipinski definition) is 0. The van der Waals surface area contributed by atoms with Crippen molar-refractivity contribution >= 4 is 0 Å². The minimum atomic E-state index is 0. The number of rotatable bonds is 3. The van der Waals surface area contributed by atoms with E-state index in [1.165, 1.54) is 33.4 Å². The van der Waals surface area contributed by atoms with Crippen LogP contribution in [0.3, 0.4) is 0 Å². The minimum Gasteiger partial charge on any atom is -0.255 e. The van der Waals surface area contributed by atoms with Crippen molar-refractivity contribution < 1.29 is 16.8 Å². The van der Waals surface area contributed by atoms with Gasteiger partial charge in [-0.05, 0) is 139 Å². The molecule has 0 N–H and O–H groups in total. The Hall–Kier alpha value is -4.59. The summed E-state index contributed by atoms with van der Waals surface area (Å²) >= 11 is 0. The van der Waals surface area contributed by atoms with Crippen molar-refractivity contribution in [1.82, 2.24) is 29.9 Å². The molecule has 0 aliphatic heterocycles. The van der Waals surface area contributed by atoms with Gasteiger partial charge in [-0.15, -0.1) is 0 Å². The molecule has 0 amide bonds. The first-order valence-electron chi connectivity index (χ1n) is 21.3. The summed E-state index contributed by atoms with van der Waals surface area (Å²) < 4.78 is 0. The fourth-order valence-electron chi connectivity index (χ4n) is 6.22. The maximum Gasteiger partial charge on any atom is 3.00 e. The molecule has 6 heterocycles. The first-order valence-corrected chi connectivity index (χ1v) is 21.3. The number of aromatic nitrogens is 6. The Kier molecular flexibility index (Phi) is 16.3. The summed E-state index contributed by atoms with van der Waals surface area (Å²) in [5.74, 6) is 0. The van der Waals surface area contributed by atoms with Crippen LogP contribution in [0.25, 0.3) is 34.2 Å². The quantitative estimate of drug-likeness (QED) is 0.176. The van der Waals surface area contributed by atoms with Crippen LogP contribution in [0.5, 0.6) is 0 Å². The van der Waals surface area contributed by atoms with Gasteiger partial charge in [0.15, 0.2) is 0 Å². The smallest absolute Gasteiger partial charge is 0.255 e. The average Bonchev–Trinajstić information content (AvgIpc) is 3.17. The first kappa shape index (κ1) is 50.8. The van der Waals surface area contributed by atoms with Crippen molar-refractivity contribution in [2.45, 2.75) is 157 Å².